The lowest BCUT2D eigenvalue weighted by molar-refractivity contribution is -0.130. The lowest BCUT2D eigenvalue weighted by Gasteiger charge is -2.30. The van der Waals surface area contributed by atoms with Gasteiger partial charge < -0.3 is 14.8 Å². The standard InChI is InChI=1S/C22H32N2O4/c1-16-5-3-4-6-20(16)23-21(25)17(2)28-22(26)19-9-7-18(8-10-19)15-24-11-13-27-14-12-24/h7-10,16-17,20H,3-6,11-15H2,1-2H3,(H,23,25)/t16-,17+,20+/m0/s1. The Morgan fingerprint density at radius 2 is 1.86 bits per heavy atom. The Hall–Kier alpha value is -1.92. The van der Waals surface area contributed by atoms with Gasteiger partial charge >= 0.3 is 5.97 Å². The van der Waals surface area contributed by atoms with Crippen LogP contribution in [0.1, 0.15) is 55.5 Å². The molecule has 2 aliphatic rings. The molecule has 1 aliphatic heterocycles. The molecule has 1 aromatic carbocycles. The molecule has 0 spiro atoms. The number of carbonyl (C=O) groups excluding carboxylic acids is 2. The fourth-order valence-corrected chi connectivity index (χ4v) is 3.88. The number of esters is 1. The lowest BCUT2D eigenvalue weighted by atomic mass is 9.86. The molecule has 3 rings (SSSR count). The highest BCUT2D eigenvalue weighted by Crippen LogP contribution is 2.23. The van der Waals surface area contributed by atoms with Crippen molar-refractivity contribution in [3.05, 3.63) is 35.4 Å². The van der Waals surface area contributed by atoms with Crippen LogP contribution in [-0.4, -0.2) is 55.2 Å². The van der Waals surface area contributed by atoms with Gasteiger partial charge in [-0.3, -0.25) is 9.69 Å². The molecule has 0 unspecified atom stereocenters. The van der Waals surface area contributed by atoms with Gasteiger partial charge in [0, 0.05) is 25.7 Å². The number of ether oxygens (including phenoxy) is 2. The number of morpholine rings is 1. The second-order valence-corrected chi connectivity index (χ2v) is 8.01. The van der Waals surface area contributed by atoms with Crippen molar-refractivity contribution in [1.29, 1.82) is 0 Å². The topological polar surface area (TPSA) is 67.9 Å². The zero-order valence-corrected chi connectivity index (χ0v) is 17.0. The van der Waals surface area contributed by atoms with E-state index in [2.05, 4.69) is 17.1 Å². The fraction of sp³-hybridized carbons (Fsp3) is 0.636. The highest BCUT2D eigenvalue weighted by atomic mass is 16.5. The number of nitrogens with zero attached hydrogens (tertiary/aromatic N) is 1. The number of hydrogen-bond donors (Lipinski definition) is 1. The molecule has 1 aliphatic carbocycles. The molecular weight excluding hydrogens is 356 g/mol. The predicted molar refractivity (Wildman–Crippen MR) is 107 cm³/mol. The first-order valence-corrected chi connectivity index (χ1v) is 10.4. The third kappa shape index (κ3) is 5.79. The number of nitrogens with one attached hydrogen (secondary N) is 1. The van der Waals surface area contributed by atoms with Crippen LogP contribution in [-0.2, 0) is 20.8 Å². The Morgan fingerprint density at radius 1 is 1.18 bits per heavy atom. The van der Waals surface area contributed by atoms with Gasteiger partial charge in [0.1, 0.15) is 0 Å². The van der Waals surface area contributed by atoms with Crippen LogP contribution in [0.4, 0.5) is 0 Å². The van der Waals surface area contributed by atoms with Gasteiger partial charge in [-0.25, -0.2) is 4.79 Å². The quantitative estimate of drug-likeness (QED) is 0.759. The molecule has 0 aromatic heterocycles. The van der Waals surface area contributed by atoms with E-state index in [9.17, 15) is 9.59 Å². The summed E-state index contributed by atoms with van der Waals surface area (Å²) in [6, 6.07) is 7.61. The van der Waals surface area contributed by atoms with Gasteiger partial charge in [0.25, 0.3) is 5.91 Å². The Morgan fingerprint density at radius 3 is 2.54 bits per heavy atom. The van der Waals surface area contributed by atoms with Crippen molar-refractivity contribution in [3.63, 3.8) is 0 Å². The average Bonchev–Trinajstić information content (AvgIpc) is 2.71. The van der Waals surface area contributed by atoms with E-state index in [1.807, 2.05) is 12.1 Å². The Labute approximate surface area is 167 Å². The highest BCUT2D eigenvalue weighted by molar-refractivity contribution is 5.92. The van der Waals surface area contributed by atoms with Crippen molar-refractivity contribution in [2.24, 2.45) is 5.92 Å². The molecule has 1 amide bonds. The summed E-state index contributed by atoms with van der Waals surface area (Å²) in [6.45, 7) is 8.03. The molecule has 6 nitrogen and oxygen atoms in total. The van der Waals surface area contributed by atoms with E-state index in [1.54, 1.807) is 19.1 Å². The van der Waals surface area contributed by atoms with Crippen molar-refractivity contribution in [1.82, 2.24) is 10.2 Å². The zero-order chi connectivity index (χ0) is 19.9. The molecule has 1 aromatic rings. The van der Waals surface area contributed by atoms with Crippen LogP contribution in [0.2, 0.25) is 0 Å². The molecule has 0 bridgehead atoms. The maximum Gasteiger partial charge on any atom is 0.338 e. The second kappa shape index (κ2) is 10.0. The van der Waals surface area contributed by atoms with Crippen molar-refractivity contribution < 1.29 is 19.1 Å². The maximum absolute atomic E-state index is 12.4. The molecule has 28 heavy (non-hydrogen) atoms. The van der Waals surface area contributed by atoms with Gasteiger partial charge in [0.15, 0.2) is 6.10 Å². The number of benzene rings is 1. The third-order valence-electron chi connectivity index (χ3n) is 5.79. The molecular formula is C22H32N2O4. The monoisotopic (exact) mass is 388 g/mol. The smallest absolute Gasteiger partial charge is 0.338 e. The summed E-state index contributed by atoms with van der Waals surface area (Å²) in [4.78, 5) is 27.1. The van der Waals surface area contributed by atoms with Crippen molar-refractivity contribution >= 4 is 11.9 Å². The first kappa shape index (κ1) is 20.8. The molecule has 6 heteroatoms. The molecule has 154 valence electrons. The molecule has 2 fully saturated rings. The summed E-state index contributed by atoms with van der Waals surface area (Å²) in [6.07, 6.45) is 3.70. The van der Waals surface area contributed by atoms with Gasteiger partial charge in [-0.15, -0.1) is 0 Å². The fourth-order valence-electron chi connectivity index (χ4n) is 3.88. The third-order valence-corrected chi connectivity index (χ3v) is 5.79. The number of amides is 1. The predicted octanol–water partition coefficient (Wildman–Crippen LogP) is 2.76. The molecule has 1 saturated heterocycles. The number of hydrogen-bond acceptors (Lipinski definition) is 5. The van der Waals surface area contributed by atoms with E-state index in [1.165, 1.54) is 6.42 Å². The molecule has 3 atom stereocenters. The van der Waals surface area contributed by atoms with E-state index >= 15 is 0 Å². The number of carbonyl (C=O) groups is 2. The van der Waals surface area contributed by atoms with Crippen molar-refractivity contribution in [2.45, 2.75) is 58.2 Å². The van der Waals surface area contributed by atoms with E-state index in [0.717, 1.165) is 57.7 Å². The molecule has 1 saturated carbocycles. The minimum atomic E-state index is -0.797. The van der Waals surface area contributed by atoms with E-state index < -0.39 is 12.1 Å². The SMILES string of the molecule is C[C@@H](OC(=O)c1ccc(CN2CCOCC2)cc1)C(=O)N[C@@H]1CCCC[C@@H]1C. The first-order chi connectivity index (χ1) is 13.5. The largest absolute Gasteiger partial charge is 0.449 e. The highest BCUT2D eigenvalue weighted by Gasteiger charge is 2.26. The van der Waals surface area contributed by atoms with Crippen molar-refractivity contribution in [3.8, 4) is 0 Å². The van der Waals surface area contributed by atoms with Crippen LogP contribution in [0.15, 0.2) is 24.3 Å². The van der Waals surface area contributed by atoms with E-state index in [-0.39, 0.29) is 11.9 Å². The number of rotatable bonds is 6. The van der Waals surface area contributed by atoms with E-state index in [0.29, 0.717) is 11.5 Å². The average molecular weight is 389 g/mol. The Bertz CT molecular complexity index is 655. The minimum absolute atomic E-state index is 0.182. The summed E-state index contributed by atoms with van der Waals surface area (Å²) < 4.78 is 10.7. The van der Waals surface area contributed by atoms with Crippen LogP contribution < -0.4 is 5.32 Å². The maximum atomic E-state index is 12.4. The van der Waals surface area contributed by atoms with Gasteiger partial charge in [0.2, 0.25) is 0 Å². The molecule has 1 heterocycles. The minimum Gasteiger partial charge on any atom is -0.449 e. The van der Waals surface area contributed by atoms with Gasteiger partial charge in [-0.2, -0.15) is 0 Å². The summed E-state index contributed by atoms with van der Waals surface area (Å²) in [5.74, 6) is -0.201. The lowest BCUT2D eigenvalue weighted by Crippen LogP contribution is -2.45. The summed E-state index contributed by atoms with van der Waals surface area (Å²) in [7, 11) is 0. The Balaban J connectivity index is 1.48. The summed E-state index contributed by atoms with van der Waals surface area (Å²) >= 11 is 0. The Kier molecular flexibility index (Phi) is 7.45. The van der Waals surface area contributed by atoms with Gasteiger partial charge in [-0.05, 0) is 43.4 Å². The second-order valence-electron chi connectivity index (χ2n) is 8.01. The van der Waals surface area contributed by atoms with Crippen molar-refractivity contribution in [2.75, 3.05) is 26.3 Å². The van der Waals surface area contributed by atoms with Crippen LogP contribution in [0.3, 0.4) is 0 Å². The van der Waals surface area contributed by atoms with Crippen LogP contribution in [0, 0.1) is 5.92 Å². The van der Waals surface area contributed by atoms with Crippen LogP contribution in [0.25, 0.3) is 0 Å². The summed E-state index contributed by atoms with van der Waals surface area (Å²) in [5.41, 5.74) is 1.62. The van der Waals surface area contributed by atoms with Gasteiger partial charge in [-0.1, -0.05) is 31.9 Å². The molecule has 0 radical (unpaired) electrons. The first-order valence-electron chi connectivity index (χ1n) is 10.4. The van der Waals surface area contributed by atoms with Crippen LogP contribution in [0.5, 0.6) is 0 Å². The summed E-state index contributed by atoms with van der Waals surface area (Å²) in [5, 5.41) is 3.05. The zero-order valence-electron chi connectivity index (χ0n) is 17.0. The molecule has 1 N–H and O–H groups in total. The normalized spacial score (nSPS) is 24.4. The van der Waals surface area contributed by atoms with E-state index in [4.69, 9.17) is 9.47 Å². The van der Waals surface area contributed by atoms with Crippen LogP contribution >= 0.6 is 0 Å². The van der Waals surface area contributed by atoms with Gasteiger partial charge in [0.05, 0.1) is 18.8 Å².